The minimum atomic E-state index is -2.28. The van der Waals surface area contributed by atoms with Crippen LogP contribution >= 0.6 is 0 Å². The predicted octanol–water partition coefficient (Wildman–Crippen LogP) is 7.60. The third-order valence-electron chi connectivity index (χ3n) is 7.60. The van der Waals surface area contributed by atoms with Crippen molar-refractivity contribution in [2.75, 3.05) is 0 Å². The second-order valence-electron chi connectivity index (χ2n) is 12.7. The van der Waals surface area contributed by atoms with Gasteiger partial charge >= 0.3 is 12.1 Å². The molecule has 1 fully saturated rings. The first-order chi connectivity index (χ1) is 17.5. The summed E-state index contributed by atoms with van der Waals surface area (Å²) < 4.78 is 26.7. The number of hydrogen-bond acceptors (Lipinski definition) is 4. The fourth-order valence-electron chi connectivity index (χ4n) is 4.58. The number of amides is 1. The van der Waals surface area contributed by atoms with Gasteiger partial charge in [-0.15, -0.1) is 0 Å². The van der Waals surface area contributed by atoms with Gasteiger partial charge in [0.1, 0.15) is 11.4 Å². The van der Waals surface area contributed by atoms with Gasteiger partial charge in [0, 0.05) is 6.04 Å². The van der Waals surface area contributed by atoms with Gasteiger partial charge in [0.25, 0.3) is 0 Å². The fourth-order valence-corrected chi connectivity index (χ4v) is 5.86. The first-order valence-electron chi connectivity index (χ1n) is 13.3. The molecule has 1 saturated heterocycles. The number of carboxylic acids is 1. The number of likely N-dealkylation sites (tertiary alicyclic amines) is 1. The van der Waals surface area contributed by atoms with Gasteiger partial charge in [-0.1, -0.05) is 45.0 Å². The SMILES string of the molecule is CC(C)(C)OC(=O)N1[C@H](Cc2ccc(C(=O)O)cc2)CC[C@@H]1[C@H](O[Si](C)(C)C(C)(C)C)c1ccc(F)cc1. The number of benzene rings is 2. The van der Waals surface area contributed by atoms with Crippen molar-refractivity contribution in [2.45, 2.75) is 103 Å². The molecular formula is C30H42FNO5Si. The summed E-state index contributed by atoms with van der Waals surface area (Å²) in [5.74, 6) is -1.30. The van der Waals surface area contributed by atoms with Gasteiger partial charge in [-0.05, 0) is 93.6 Å². The number of rotatable bonds is 7. The molecule has 38 heavy (non-hydrogen) atoms. The van der Waals surface area contributed by atoms with E-state index in [1.54, 1.807) is 36.4 Å². The Hall–Kier alpha value is -2.71. The predicted molar refractivity (Wildman–Crippen MR) is 149 cm³/mol. The summed E-state index contributed by atoms with van der Waals surface area (Å²) in [5, 5.41) is 9.19. The maximum atomic E-state index is 13.9. The van der Waals surface area contributed by atoms with Crippen LogP contribution in [0, 0.1) is 5.82 Å². The maximum Gasteiger partial charge on any atom is 0.410 e. The van der Waals surface area contributed by atoms with E-state index in [9.17, 15) is 19.1 Å². The third-order valence-corrected chi connectivity index (χ3v) is 12.1. The lowest BCUT2D eigenvalue weighted by Gasteiger charge is -2.43. The molecule has 1 amide bonds. The standard InChI is InChI=1S/C30H42FNO5Si/c1-29(2,3)36-28(35)32-24(19-20-9-11-22(12-10-20)27(33)34)17-18-25(32)26(21-13-15-23(31)16-14-21)37-38(7,8)30(4,5)6/h9-16,24-26H,17-19H2,1-8H3,(H,33,34)/t24-,25+,26+/m0/s1. The molecule has 1 aliphatic rings. The van der Waals surface area contributed by atoms with E-state index in [1.807, 2.05) is 25.7 Å². The minimum Gasteiger partial charge on any atom is -0.478 e. The number of nitrogens with zero attached hydrogens (tertiary/aromatic N) is 1. The van der Waals surface area contributed by atoms with Gasteiger partial charge in [-0.3, -0.25) is 4.90 Å². The van der Waals surface area contributed by atoms with Crippen molar-refractivity contribution in [3.63, 3.8) is 0 Å². The monoisotopic (exact) mass is 543 g/mol. The van der Waals surface area contributed by atoms with E-state index in [0.29, 0.717) is 12.8 Å². The van der Waals surface area contributed by atoms with Crippen molar-refractivity contribution in [1.29, 1.82) is 0 Å². The molecule has 208 valence electrons. The Morgan fingerprint density at radius 3 is 2.08 bits per heavy atom. The zero-order chi connectivity index (χ0) is 28.5. The van der Waals surface area contributed by atoms with E-state index in [2.05, 4.69) is 33.9 Å². The molecule has 1 N–H and O–H groups in total. The number of carbonyl (C=O) groups excluding carboxylic acids is 1. The first-order valence-corrected chi connectivity index (χ1v) is 16.2. The van der Waals surface area contributed by atoms with E-state index in [0.717, 1.165) is 17.5 Å². The number of halogens is 1. The highest BCUT2D eigenvalue weighted by molar-refractivity contribution is 6.74. The van der Waals surface area contributed by atoms with Gasteiger partial charge in [0.2, 0.25) is 0 Å². The highest BCUT2D eigenvalue weighted by Crippen LogP contribution is 2.44. The normalized spacial score (nSPS) is 19.3. The highest BCUT2D eigenvalue weighted by atomic mass is 28.4. The van der Waals surface area contributed by atoms with Crippen LogP contribution in [0.2, 0.25) is 18.1 Å². The molecule has 0 radical (unpaired) electrons. The van der Waals surface area contributed by atoms with Crippen molar-refractivity contribution < 1.29 is 28.2 Å². The Labute approximate surface area is 227 Å². The van der Waals surface area contributed by atoms with E-state index >= 15 is 0 Å². The molecule has 2 aromatic rings. The lowest BCUT2D eigenvalue weighted by molar-refractivity contribution is -0.00240. The number of carbonyl (C=O) groups is 2. The summed E-state index contributed by atoms with van der Waals surface area (Å²) in [6, 6.07) is 12.7. The second-order valence-corrected chi connectivity index (χ2v) is 17.5. The molecule has 1 heterocycles. The molecule has 6 nitrogen and oxygen atoms in total. The van der Waals surface area contributed by atoms with Crippen molar-refractivity contribution in [3.8, 4) is 0 Å². The van der Waals surface area contributed by atoms with Crippen molar-refractivity contribution in [2.24, 2.45) is 0 Å². The molecule has 0 unspecified atom stereocenters. The van der Waals surface area contributed by atoms with E-state index in [1.165, 1.54) is 12.1 Å². The Morgan fingerprint density at radius 2 is 1.58 bits per heavy atom. The molecule has 3 rings (SSSR count). The van der Waals surface area contributed by atoms with Gasteiger partial charge in [0.05, 0.1) is 17.7 Å². The van der Waals surface area contributed by atoms with E-state index < -0.39 is 32.1 Å². The summed E-state index contributed by atoms with van der Waals surface area (Å²) in [7, 11) is -2.28. The zero-order valence-electron chi connectivity index (χ0n) is 23.9. The molecule has 0 saturated carbocycles. The second kappa shape index (κ2) is 11.2. The molecule has 1 aliphatic heterocycles. The Morgan fingerprint density at radius 1 is 1.00 bits per heavy atom. The lowest BCUT2D eigenvalue weighted by Crippen LogP contribution is -2.50. The van der Waals surface area contributed by atoms with Crippen LogP contribution in [0.5, 0.6) is 0 Å². The van der Waals surface area contributed by atoms with Gasteiger partial charge in [-0.25, -0.2) is 14.0 Å². The van der Waals surface area contributed by atoms with Crippen molar-refractivity contribution in [1.82, 2.24) is 4.90 Å². The average molecular weight is 544 g/mol. The van der Waals surface area contributed by atoms with Crippen LogP contribution in [0.1, 0.15) is 82.0 Å². The lowest BCUT2D eigenvalue weighted by atomic mass is 10.0. The van der Waals surface area contributed by atoms with Crippen LogP contribution in [0.25, 0.3) is 0 Å². The summed E-state index contributed by atoms with van der Waals surface area (Å²) in [6.45, 7) is 16.4. The smallest absolute Gasteiger partial charge is 0.410 e. The van der Waals surface area contributed by atoms with Crippen LogP contribution in [-0.4, -0.2) is 48.1 Å². The molecule has 0 aliphatic carbocycles. The fraction of sp³-hybridized carbons (Fsp3) is 0.533. The van der Waals surface area contributed by atoms with Crippen LogP contribution in [0.4, 0.5) is 9.18 Å². The minimum absolute atomic E-state index is 0.0636. The van der Waals surface area contributed by atoms with E-state index in [-0.39, 0.29) is 28.5 Å². The van der Waals surface area contributed by atoms with E-state index in [4.69, 9.17) is 9.16 Å². The molecule has 8 heteroatoms. The van der Waals surface area contributed by atoms with Crippen molar-refractivity contribution in [3.05, 3.63) is 71.0 Å². The molecule has 0 aromatic heterocycles. The Kier molecular flexibility index (Phi) is 8.78. The van der Waals surface area contributed by atoms with Gasteiger partial charge in [0.15, 0.2) is 8.32 Å². The summed E-state index contributed by atoms with van der Waals surface area (Å²) >= 11 is 0. The molecular weight excluding hydrogens is 501 g/mol. The van der Waals surface area contributed by atoms with Gasteiger partial charge in [-0.2, -0.15) is 0 Å². The summed E-state index contributed by atoms with van der Waals surface area (Å²) in [6.07, 6.45) is 1.16. The highest BCUT2D eigenvalue weighted by Gasteiger charge is 2.47. The third kappa shape index (κ3) is 7.23. The Bertz CT molecular complexity index is 1120. The largest absolute Gasteiger partial charge is 0.478 e. The summed E-state index contributed by atoms with van der Waals surface area (Å²) in [4.78, 5) is 26.8. The van der Waals surface area contributed by atoms with Crippen LogP contribution < -0.4 is 0 Å². The zero-order valence-corrected chi connectivity index (χ0v) is 24.9. The van der Waals surface area contributed by atoms with Crippen LogP contribution in [-0.2, 0) is 15.6 Å². The van der Waals surface area contributed by atoms with Crippen molar-refractivity contribution >= 4 is 20.4 Å². The number of hydrogen-bond donors (Lipinski definition) is 1. The van der Waals surface area contributed by atoms with Gasteiger partial charge < -0.3 is 14.3 Å². The average Bonchev–Trinajstić information content (AvgIpc) is 3.20. The topological polar surface area (TPSA) is 76.1 Å². The number of carboxylic acid groups (broad SMARTS) is 1. The number of aromatic carboxylic acids is 1. The molecule has 2 aromatic carbocycles. The van der Waals surface area contributed by atoms with Crippen LogP contribution in [0.15, 0.2) is 48.5 Å². The van der Waals surface area contributed by atoms with Crippen LogP contribution in [0.3, 0.4) is 0 Å². The Balaban J connectivity index is 2.01. The summed E-state index contributed by atoms with van der Waals surface area (Å²) in [5.41, 5.74) is 1.32. The molecule has 0 bridgehead atoms. The quantitative estimate of drug-likeness (QED) is 0.364. The molecule has 0 spiro atoms. The first kappa shape index (κ1) is 29.8. The number of ether oxygens (including phenoxy) is 1. The maximum absolute atomic E-state index is 13.9. The molecule has 3 atom stereocenters.